The van der Waals surface area contributed by atoms with Crippen LogP contribution in [0.4, 0.5) is 17.1 Å². The number of amides is 1. The first-order valence-electron chi connectivity index (χ1n) is 19.3. The Bertz CT molecular complexity index is 2110. The molecule has 13 heteroatoms. The van der Waals surface area contributed by atoms with Crippen molar-refractivity contribution < 1.29 is 38.1 Å². The number of sulfonamides is 1. The molecule has 4 aromatic carbocycles. The minimum Gasteiger partial charge on any atom is -0.481 e. The molecule has 0 radical (unpaired) electrons. The molecule has 12 nitrogen and oxygen atoms in total. The Kier molecular flexibility index (Phi) is 13.1. The van der Waals surface area contributed by atoms with Crippen molar-refractivity contribution in [2.24, 2.45) is 5.92 Å². The molecule has 0 aromatic heterocycles. The maximum Gasteiger partial charge on any atom is 0.335 e. The van der Waals surface area contributed by atoms with Crippen LogP contribution in [-0.4, -0.2) is 71.6 Å². The van der Waals surface area contributed by atoms with Crippen LogP contribution in [0.1, 0.15) is 95.5 Å². The van der Waals surface area contributed by atoms with E-state index in [4.69, 9.17) is 5.11 Å². The van der Waals surface area contributed by atoms with Crippen LogP contribution in [0, 0.1) is 5.92 Å². The van der Waals surface area contributed by atoms with E-state index >= 15 is 0 Å². The molecule has 4 aromatic rings. The smallest absolute Gasteiger partial charge is 0.335 e. The van der Waals surface area contributed by atoms with Crippen LogP contribution in [0.25, 0.3) is 0 Å². The average Bonchev–Trinajstić information content (AvgIpc) is 3.21. The Balaban J connectivity index is 1.17. The summed E-state index contributed by atoms with van der Waals surface area (Å²) in [5, 5.41) is 36.1. The number of aliphatic carboxylic acids is 1. The standard InChI is InChI=1S/C43H50N4O8S/c1-2-47(35-21-17-32(18-22-35)43(52)53)56(54,55)37-8-6-7-33(27-37)40(48)45-39-24-23-36(46-25-4-3-5-26-46)28-38(39)41(49)44-34-19-13-30(14-20-34)10-9-29-11-15-31(16-12-29)42(50)51/h6-8,11-16,19-20,23-24,27-28,32,35,40,45,48H,2-5,9-10,17-18,21-22,25-26H2,1H3,(H,44,49)(H,50,51)(H,52,53). The van der Waals surface area contributed by atoms with Gasteiger partial charge >= 0.3 is 11.9 Å². The number of carbonyl (C=O) groups excluding carboxylic acids is 1. The number of carboxylic acid groups (broad SMARTS) is 2. The maximum atomic E-state index is 14.0. The quantitative estimate of drug-likeness (QED) is 0.0778. The summed E-state index contributed by atoms with van der Waals surface area (Å²) in [6.07, 6.45) is 5.13. The van der Waals surface area contributed by atoms with E-state index in [-0.39, 0.29) is 29.0 Å². The van der Waals surface area contributed by atoms with Crippen LogP contribution in [-0.2, 0) is 27.7 Å². The summed E-state index contributed by atoms with van der Waals surface area (Å²) in [7, 11) is -3.96. The second-order valence-electron chi connectivity index (χ2n) is 14.6. The topological polar surface area (TPSA) is 177 Å². The molecular weight excluding hydrogens is 733 g/mol. The van der Waals surface area contributed by atoms with Gasteiger partial charge in [0.2, 0.25) is 10.0 Å². The number of nitrogens with one attached hydrogen (secondary N) is 2. The van der Waals surface area contributed by atoms with Crippen molar-refractivity contribution >= 4 is 44.9 Å². The molecule has 1 aliphatic carbocycles. The zero-order chi connectivity index (χ0) is 39.8. The van der Waals surface area contributed by atoms with Gasteiger partial charge in [-0.25, -0.2) is 13.2 Å². The number of carbonyl (C=O) groups is 3. The van der Waals surface area contributed by atoms with E-state index in [0.717, 1.165) is 62.0 Å². The van der Waals surface area contributed by atoms with E-state index in [9.17, 15) is 33.0 Å². The molecule has 56 heavy (non-hydrogen) atoms. The third kappa shape index (κ3) is 9.76. The van der Waals surface area contributed by atoms with Crippen molar-refractivity contribution in [1.82, 2.24) is 4.31 Å². The van der Waals surface area contributed by atoms with Gasteiger partial charge in [0.1, 0.15) is 0 Å². The summed E-state index contributed by atoms with van der Waals surface area (Å²) in [6.45, 7) is 3.74. The fraction of sp³-hybridized carbons (Fsp3) is 0.372. The van der Waals surface area contributed by atoms with Gasteiger partial charge in [-0.1, -0.05) is 43.3 Å². The number of hydrogen-bond acceptors (Lipinski definition) is 8. The molecule has 2 aliphatic rings. The Labute approximate surface area is 328 Å². The van der Waals surface area contributed by atoms with Gasteiger partial charge in [-0.05, 0) is 124 Å². The van der Waals surface area contributed by atoms with Gasteiger partial charge < -0.3 is 30.9 Å². The van der Waals surface area contributed by atoms with Crippen LogP contribution >= 0.6 is 0 Å². The van der Waals surface area contributed by atoms with Crippen molar-refractivity contribution in [3.8, 4) is 0 Å². The normalized spacial score (nSPS) is 17.9. The lowest BCUT2D eigenvalue weighted by Gasteiger charge is -2.34. The lowest BCUT2D eigenvalue weighted by Crippen LogP contribution is -2.42. The van der Waals surface area contributed by atoms with E-state index in [0.29, 0.717) is 48.2 Å². The molecule has 0 bridgehead atoms. The van der Waals surface area contributed by atoms with Crippen molar-refractivity contribution in [1.29, 1.82) is 0 Å². The monoisotopic (exact) mass is 782 g/mol. The van der Waals surface area contributed by atoms with Crippen LogP contribution < -0.4 is 15.5 Å². The van der Waals surface area contributed by atoms with Crippen molar-refractivity contribution in [2.75, 3.05) is 35.2 Å². The van der Waals surface area contributed by atoms with E-state index in [2.05, 4.69) is 15.5 Å². The minimum absolute atomic E-state index is 0.0241. The number of aliphatic hydroxyl groups excluding tert-OH is 1. The molecule has 1 saturated carbocycles. The SMILES string of the molecule is CCN(C1CCC(C(=O)O)CC1)S(=O)(=O)c1cccc(C(O)Nc2ccc(N3CCCCC3)cc2C(=O)Nc2ccc(CCc3ccc(C(=O)O)cc3)cc2)c1. The number of piperidine rings is 1. The van der Waals surface area contributed by atoms with E-state index < -0.39 is 34.1 Å². The van der Waals surface area contributed by atoms with Gasteiger partial charge in [-0.15, -0.1) is 0 Å². The van der Waals surface area contributed by atoms with Crippen molar-refractivity contribution in [2.45, 2.75) is 81.9 Å². The summed E-state index contributed by atoms with van der Waals surface area (Å²) < 4.78 is 29.2. The number of anilines is 3. The Morgan fingerprint density at radius 3 is 2.07 bits per heavy atom. The molecule has 1 saturated heterocycles. The van der Waals surface area contributed by atoms with Crippen molar-refractivity contribution in [3.63, 3.8) is 0 Å². The first kappa shape index (κ1) is 40.4. The number of aliphatic hydroxyl groups is 1. The zero-order valence-corrected chi connectivity index (χ0v) is 32.4. The Hall–Kier alpha value is -5.24. The van der Waals surface area contributed by atoms with Gasteiger partial charge in [-0.2, -0.15) is 4.31 Å². The first-order valence-corrected chi connectivity index (χ1v) is 20.8. The van der Waals surface area contributed by atoms with E-state index in [1.54, 1.807) is 37.3 Å². The van der Waals surface area contributed by atoms with Gasteiger partial charge in [0.25, 0.3) is 5.91 Å². The predicted molar refractivity (Wildman–Crippen MR) is 216 cm³/mol. The molecule has 296 valence electrons. The van der Waals surface area contributed by atoms with Crippen molar-refractivity contribution in [3.05, 3.63) is 119 Å². The van der Waals surface area contributed by atoms with Gasteiger partial charge in [-0.3, -0.25) is 9.59 Å². The summed E-state index contributed by atoms with van der Waals surface area (Å²) in [6, 6.07) is 25.7. The van der Waals surface area contributed by atoms with Gasteiger partial charge in [0.15, 0.2) is 6.23 Å². The number of nitrogens with zero attached hydrogens (tertiary/aromatic N) is 2. The highest BCUT2D eigenvalue weighted by molar-refractivity contribution is 7.89. The number of benzene rings is 4. The molecular formula is C43H50N4O8S. The van der Waals surface area contributed by atoms with Crippen LogP contribution in [0.2, 0.25) is 0 Å². The number of carboxylic acids is 2. The van der Waals surface area contributed by atoms with Gasteiger partial charge in [0.05, 0.1) is 21.9 Å². The third-order valence-corrected chi connectivity index (χ3v) is 12.9. The molecule has 2 fully saturated rings. The fourth-order valence-corrected chi connectivity index (χ4v) is 9.45. The molecule has 1 atom stereocenters. The molecule has 0 spiro atoms. The Morgan fingerprint density at radius 2 is 1.46 bits per heavy atom. The highest BCUT2D eigenvalue weighted by atomic mass is 32.2. The molecule has 5 N–H and O–H groups in total. The predicted octanol–water partition coefficient (Wildman–Crippen LogP) is 7.17. The average molecular weight is 783 g/mol. The lowest BCUT2D eigenvalue weighted by molar-refractivity contribution is -0.143. The number of aromatic carboxylic acids is 1. The molecule has 1 amide bonds. The summed E-state index contributed by atoms with van der Waals surface area (Å²) in [5.74, 6) is -2.65. The second-order valence-corrected chi connectivity index (χ2v) is 16.5. The number of hydrogen-bond donors (Lipinski definition) is 5. The van der Waals surface area contributed by atoms with Crippen LogP contribution in [0.5, 0.6) is 0 Å². The van der Waals surface area contributed by atoms with Crippen LogP contribution in [0.3, 0.4) is 0 Å². The Morgan fingerprint density at radius 1 is 0.821 bits per heavy atom. The highest BCUT2D eigenvalue weighted by Gasteiger charge is 2.35. The summed E-state index contributed by atoms with van der Waals surface area (Å²) >= 11 is 0. The third-order valence-electron chi connectivity index (χ3n) is 10.9. The summed E-state index contributed by atoms with van der Waals surface area (Å²) in [4.78, 5) is 38.8. The fourth-order valence-electron chi connectivity index (χ4n) is 7.70. The molecule has 1 aliphatic heterocycles. The maximum absolute atomic E-state index is 14.0. The molecule has 6 rings (SSSR count). The highest BCUT2D eigenvalue weighted by Crippen LogP contribution is 2.33. The van der Waals surface area contributed by atoms with Crippen LogP contribution in [0.15, 0.2) is 95.9 Å². The molecule has 1 unspecified atom stereocenters. The first-order chi connectivity index (χ1) is 26.9. The molecule has 1 heterocycles. The van der Waals surface area contributed by atoms with E-state index in [1.807, 2.05) is 48.5 Å². The largest absolute Gasteiger partial charge is 0.481 e. The number of rotatable bonds is 15. The van der Waals surface area contributed by atoms with Gasteiger partial charge in [0, 0.05) is 48.3 Å². The summed E-state index contributed by atoms with van der Waals surface area (Å²) in [5.41, 5.74) is 4.81. The zero-order valence-electron chi connectivity index (χ0n) is 31.6. The van der Waals surface area contributed by atoms with E-state index in [1.165, 1.54) is 16.4 Å². The number of aryl methyl sites for hydroxylation is 2. The lowest BCUT2D eigenvalue weighted by atomic mass is 9.86. The minimum atomic E-state index is -3.96. The second kappa shape index (κ2) is 18.1.